The van der Waals surface area contributed by atoms with Gasteiger partial charge >= 0.3 is 0 Å². The Kier molecular flexibility index (Phi) is 33.1. The Bertz CT molecular complexity index is 7670. The number of alkyl halides is 1. The van der Waals surface area contributed by atoms with E-state index >= 15 is 0 Å². The molecule has 19 aromatic rings. The summed E-state index contributed by atoms with van der Waals surface area (Å²) in [5.41, 5.74) is 18.2. The molecule has 1 amide bonds. The molecular weight excluding hydrogens is 1960 g/mol. The second kappa shape index (κ2) is 48.4. The number of unbranched alkanes of at least 4 members (excludes halogenated alkanes) is 1. The number of morpholine rings is 1. The van der Waals surface area contributed by atoms with Gasteiger partial charge in [-0.05, 0) is 278 Å². The predicted molar refractivity (Wildman–Crippen MR) is 590 cm³/mol. The van der Waals surface area contributed by atoms with Gasteiger partial charge in [-0.15, -0.1) is 15.3 Å². The number of nitrogens with zero attached hydrogens (tertiary/aromatic N) is 23. The Hall–Kier alpha value is -14.2. The highest BCUT2D eigenvalue weighted by molar-refractivity contribution is 6.31. The number of aromatic nitrogens is 19. The molecule has 1 aliphatic carbocycles. The predicted octanol–water partition coefficient (Wildman–Crippen LogP) is 22.8. The van der Waals surface area contributed by atoms with Gasteiger partial charge in [0.25, 0.3) is 0 Å². The number of amides is 1. The van der Waals surface area contributed by atoms with E-state index in [2.05, 4.69) is 118 Å². The van der Waals surface area contributed by atoms with Crippen LogP contribution in [0, 0.1) is 12.8 Å². The number of halogens is 5. The normalized spacial score (nSPS) is 16.7. The number of piperazine rings is 1. The molecule has 0 spiro atoms. The number of anilines is 3. The maximum absolute atomic E-state index is 13.4. The molecule has 6 fully saturated rings. The molecule has 5 aliphatic heterocycles. The third-order valence-corrected chi connectivity index (χ3v) is 29.7. The number of hydrogen-bond acceptors (Lipinski definition) is 22. The zero-order valence-corrected chi connectivity index (χ0v) is 86.7. The Morgan fingerprint density at radius 3 is 1.36 bits per heavy atom. The van der Waals surface area contributed by atoms with Crippen LogP contribution in [0.3, 0.4) is 0 Å². The lowest BCUT2D eigenvalue weighted by Crippen LogP contribution is -2.55. The average Bonchev–Trinajstić information content (AvgIpc) is 1.68. The number of fused-ring (bicyclic) bond motifs is 6. The second-order valence-corrected chi connectivity index (χ2v) is 40.3. The van der Waals surface area contributed by atoms with E-state index in [4.69, 9.17) is 86.5 Å². The Morgan fingerprint density at radius 2 is 0.839 bits per heavy atom. The monoisotopic (exact) mass is 2070 g/mol. The van der Waals surface area contributed by atoms with Crippen LogP contribution in [0.25, 0.3) is 99.5 Å². The number of pyridine rings is 7. The van der Waals surface area contributed by atoms with Gasteiger partial charge in [-0.2, -0.15) is 15.3 Å². The molecule has 0 radical (unpaired) electrons. The molecule has 1 unspecified atom stereocenters. The van der Waals surface area contributed by atoms with Crippen molar-refractivity contribution in [3.8, 4) is 39.9 Å². The number of rotatable bonds is 19. The fourth-order valence-corrected chi connectivity index (χ4v) is 21.3. The van der Waals surface area contributed by atoms with Gasteiger partial charge in [0.15, 0.2) is 17.5 Å². The van der Waals surface area contributed by atoms with Crippen LogP contribution in [0.15, 0.2) is 275 Å². The minimum atomic E-state index is -0.449. The van der Waals surface area contributed by atoms with Crippen molar-refractivity contribution in [2.45, 2.75) is 134 Å². The number of carbonyl (C=O) groups excluding carboxylic acids is 1. The fraction of sp³-hybridized carbons (Fsp3) is 0.322. The molecule has 1 atom stereocenters. The summed E-state index contributed by atoms with van der Waals surface area (Å²) in [6.07, 6.45) is 40.8. The first kappa shape index (κ1) is 102. The van der Waals surface area contributed by atoms with E-state index in [0.717, 1.165) is 289 Å². The van der Waals surface area contributed by atoms with E-state index in [1.165, 1.54) is 60.5 Å². The summed E-state index contributed by atoms with van der Waals surface area (Å²) in [4.78, 5) is 51.9. The van der Waals surface area contributed by atoms with Gasteiger partial charge in [-0.1, -0.05) is 95.6 Å². The van der Waals surface area contributed by atoms with Crippen molar-refractivity contribution in [3.05, 3.63) is 329 Å². The summed E-state index contributed by atoms with van der Waals surface area (Å²) in [5, 5.41) is 55.6. The number of carbonyl (C=O) groups is 1. The highest BCUT2D eigenvalue weighted by Crippen LogP contribution is 2.43. The maximum Gasteiger partial charge on any atom is 0.245 e. The summed E-state index contributed by atoms with van der Waals surface area (Å²) in [6, 6.07) is 60.7. The first-order valence-corrected chi connectivity index (χ1v) is 53.1. The average molecular weight is 2080 g/mol. The van der Waals surface area contributed by atoms with Gasteiger partial charge in [0.1, 0.15) is 18.5 Å². The number of benzene rings is 6. The van der Waals surface area contributed by atoms with Crippen molar-refractivity contribution < 1.29 is 23.8 Å². The lowest BCUT2D eigenvalue weighted by Gasteiger charge is -2.39. The number of nitrogens with one attached hydrogen (secondary N) is 2. The minimum absolute atomic E-state index is 0.165. The van der Waals surface area contributed by atoms with Crippen molar-refractivity contribution in [2.75, 3.05) is 114 Å². The van der Waals surface area contributed by atoms with Crippen LogP contribution >= 0.6 is 46.4 Å². The molecule has 6 aliphatic rings. The summed E-state index contributed by atoms with van der Waals surface area (Å²) < 4.78 is 35.2. The smallest absolute Gasteiger partial charge is 0.245 e. The van der Waals surface area contributed by atoms with Crippen LogP contribution in [0.2, 0.25) is 20.1 Å². The summed E-state index contributed by atoms with van der Waals surface area (Å²) in [6.45, 7) is 15.7. The lowest BCUT2D eigenvalue weighted by molar-refractivity contribution is -0.133. The van der Waals surface area contributed by atoms with Crippen LogP contribution in [0.4, 0.5) is 21.8 Å². The molecular formula is C115H120Cl4FN25O4. The minimum Gasteiger partial charge on any atom is -0.506 e. The first-order chi connectivity index (χ1) is 73.1. The second-order valence-electron chi connectivity index (χ2n) is 38.5. The molecule has 13 aromatic heterocycles. The Morgan fingerprint density at radius 1 is 0.409 bits per heavy atom. The molecule has 764 valence electrons. The van der Waals surface area contributed by atoms with E-state index in [-0.39, 0.29) is 17.7 Å². The SMILES string of the molecule is CCCCN(C)c1nn(-c2ccc(Cl)cc2)c2cnccc12.Cc1ccc(-n2nc(N3CCOCC3)c3ccncc32)cc1.Clc1ccc(-n2nc(C3CCC(Cc4cccnc4)CC3)c3ccncc32)cc1.FCc1ccc(-n2nc(C3CCOCC3)c3ccncc32)cc1.O=C(C1CCCCN1c1nn(-c2ccc(Cl)cc2)c2cnccc12)N1CCNCC1.Oc1cncc2c1c(C1CCNCC1)nn2-c1ccc(Cl)cc1. The molecule has 6 aromatic carbocycles. The van der Waals surface area contributed by atoms with Crippen LogP contribution < -0.4 is 25.3 Å². The summed E-state index contributed by atoms with van der Waals surface area (Å²) in [7, 11) is 2.09. The molecule has 1 saturated carbocycles. The number of aryl methyl sites for hydroxylation is 1. The van der Waals surface area contributed by atoms with Gasteiger partial charge in [0.05, 0.1) is 146 Å². The van der Waals surface area contributed by atoms with Crippen LogP contribution in [0.5, 0.6) is 5.75 Å². The van der Waals surface area contributed by atoms with Crippen molar-refractivity contribution in [1.82, 2.24) is 109 Å². The molecule has 3 N–H and O–H groups in total. The van der Waals surface area contributed by atoms with Gasteiger partial charge in [0, 0.05) is 181 Å². The molecule has 25 rings (SSSR count). The molecule has 149 heavy (non-hydrogen) atoms. The molecule has 18 heterocycles. The van der Waals surface area contributed by atoms with Crippen molar-refractivity contribution in [1.29, 1.82) is 0 Å². The van der Waals surface area contributed by atoms with Gasteiger partial charge in [-0.3, -0.25) is 39.7 Å². The number of ether oxygens (including phenoxy) is 2. The van der Waals surface area contributed by atoms with E-state index < -0.39 is 6.67 Å². The Balaban J connectivity index is 0.000000109. The third-order valence-electron chi connectivity index (χ3n) is 28.7. The standard InChI is InChI=1S/C24H23ClN4.C22H25ClN6O.C18H18FN3O.C17H17ClN4O.C17H19ClN4.C17H18N4O/c25-20-7-9-21(10-8-20)29-23-16-27-13-11-22(23)24(28-29)19-5-3-17(4-6-19)14-18-2-1-12-26-15-18;23-16-4-6-17(7-5-16)29-20-15-25-9-8-18(20)21(26-29)28-12-2-1-3-19(28)22(30)27-13-10-24-11-14-27;19-11-13-1-3-15(4-2-13)22-17-12-20-8-5-16(17)18(21-22)14-6-9-23-10-7-14;18-12-1-3-13(4-2-12)22-14-9-20-10-15(23)16(14)17(21-22)11-5-7-19-8-6-11;1-3-4-11-21(2)17-15-9-10-19-12-16(15)22(20-17)14-7-5-13(18)6-8-14;1-13-2-4-14(5-3-13)21-16-12-18-7-6-15(16)17(19-21)20-8-10-22-11-9-20/h1-2,7-13,15-17,19H,3-6,14H2;4-9,15,19,24H,1-3,10-14H2;1-5,8,12,14H,6-7,9-11H2;1-4,9-11,19,23H,5-8H2;5-10,12H,3-4,11H2,1-2H3;2-7,12H,8-11H2,1H3. The Labute approximate surface area is 884 Å². The third kappa shape index (κ3) is 23.6. The molecule has 0 bridgehead atoms. The zero-order chi connectivity index (χ0) is 102. The van der Waals surface area contributed by atoms with Crippen LogP contribution in [0.1, 0.15) is 142 Å². The summed E-state index contributed by atoms with van der Waals surface area (Å²) in [5.74, 6) is 5.27. The summed E-state index contributed by atoms with van der Waals surface area (Å²) >= 11 is 24.1. The molecule has 34 heteroatoms. The van der Waals surface area contributed by atoms with Crippen LogP contribution in [-0.4, -0.2) is 214 Å². The van der Waals surface area contributed by atoms with Crippen molar-refractivity contribution in [3.63, 3.8) is 0 Å². The fourth-order valence-electron chi connectivity index (χ4n) is 20.8. The van der Waals surface area contributed by atoms with Gasteiger partial charge in [-0.25, -0.2) is 32.5 Å². The number of hydrogen-bond donors (Lipinski definition) is 3. The quantitative estimate of drug-likeness (QED) is 0.0678. The van der Waals surface area contributed by atoms with E-state index in [1.807, 2.05) is 241 Å². The van der Waals surface area contributed by atoms with Crippen LogP contribution in [-0.2, 0) is 27.4 Å². The highest BCUT2D eigenvalue weighted by Gasteiger charge is 2.37. The van der Waals surface area contributed by atoms with Crippen molar-refractivity contribution >= 4 is 135 Å². The van der Waals surface area contributed by atoms with E-state index in [0.29, 0.717) is 33.4 Å². The largest absolute Gasteiger partial charge is 0.506 e. The molecule has 5 saturated heterocycles. The number of piperidine rings is 2. The van der Waals surface area contributed by atoms with Crippen molar-refractivity contribution in [2.24, 2.45) is 5.92 Å². The highest BCUT2D eigenvalue weighted by atomic mass is 35.5. The maximum atomic E-state index is 13.4. The van der Waals surface area contributed by atoms with E-state index in [1.54, 1.807) is 24.5 Å². The first-order valence-electron chi connectivity index (χ1n) is 51.6. The topological polar surface area (TPSA) is 290 Å². The number of aromatic hydroxyl groups is 1. The lowest BCUT2D eigenvalue weighted by atomic mass is 9.78. The van der Waals surface area contributed by atoms with E-state index in [9.17, 15) is 14.3 Å². The van der Waals surface area contributed by atoms with Gasteiger partial charge < -0.3 is 44.8 Å². The van der Waals surface area contributed by atoms with Gasteiger partial charge in [0.2, 0.25) is 5.91 Å². The molecule has 29 nitrogen and oxygen atoms in total. The zero-order valence-electron chi connectivity index (χ0n) is 83.7.